The molecule has 3 N–H and O–H groups in total. The maximum absolute atomic E-state index is 11.3. The van der Waals surface area contributed by atoms with Gasteiger partial charge in [-0.3, -0.25) is 9.59 Å². The zero-order chi connectivity index (χ0) is 14.1. The SMILES string of the molecule is N#Cc1ccc2c(c1)OCC(c1c[nH]c(=O)c(=O)[nH]1)N2. The number of fused-ring (bicyclic) bond motifs is 1. The maximum Gasteiger partial charge on any atom is 0.313 e. The minimum absolute atomic E-state index is 0.278. The molecule has 2 aromatic rings. The Morgan fingerprint density at radius 2 is 2.15 bits per heavy atom. The van der Waals surface area contributed by atoms with Crippen molar-refractivity contribution in [2.24, 2.45) is 0 Å². The topological polar surface area (TPSA) is 111 Å². The zero-order valence-electron chi connectivity index (χ0n) is 10.3. The van der Waals surface area contributed by atoms with Crippen LogP contribution in [0.15, 0.2) is 34.0 Å². The highest BCUT2D eigenvalue weighted by Gasteiger charge is 2.21. The summed E-state index contributed by atoms with van der Waals surface area (Å²) in [5, 5.41) is 12.0. The fraction of sp³-hybridized carbons (Fsp3) is 0.154. The molecule has 7 heteroatoms. The number of aromatic nitrogens is 2. The Kier molecular flexibility index (Phi) is 2.76. The molecule has 0 bridgehead atoms. The van der Waals surface area contributed by atoms with Crippen LogP contribution in [0.25, 0.3) is 0 Å². The summed E-state index contributed by atoms with van der Waals surface area (Å²) >= 11 is 0. The number of nitriles is 1. The predicted molar refractivity (Wildman–Crippen MR) is 70.7 cm³/mol. The van der Waals surface area contributed by atoms with Gasteiger partial charge in [-0.1, -0.05) is 0 Å². The summed E-state index contributed by atoms with van der Waals surface area (Å²) in [6.07, 6.45) is 1.44. The number of hydrogen-bond acceptors (Lipinski definition) is 5. The largest absolute Gasteiger partial charge is 0.489 e. The van der Waals surface area contributed by atoms with Gasteiger partial charge < -0.3 is 20.0 Å². The van der Waals surface area contributed by atoms with Gasteiger partial charge in [0.2, 0.25) is 0 Å². The van der Waals surface area contributed by atoms with Gasteiger partial charge in [-0.05, 0) is 12.1 Å². The van der Waals surface area contributed by atoms with Crippen molar-refractivity contribution in [3.63, 3.8) is 0 Å². The Morgan fingerprint density at radius 1 is 1.30 bits per heavy atom. The van der Waals surface area contributed by atoms with E-state index in [9.17, 15) is 9.59 Å². The molecule has 1 atom stereocenters. The second-order valence-corrected chi connectivity index (χ2v) is 4.36. The lowest BCUT2D eigenvalue weighted by molar-refractivity contribution is 0.284. The average molecular weight is 270 g/mol. The summed E-state index contributed by atoms with van der Waals surface area (Å²) < 4.78 is 5.58. The molecular formula is C13H10N4O3. The molecule has 1 aromatic carbocycles. The summed E-state index contributed by atoms with van der Waals surface area (Å²) in [6, 6.07) is 6.82. The molecule has 1 aromatic heterocycles. The molecule has 0 amide bonds. The molecule has 7 nitrogen and oxygen atoms in total. The van der Waals surface area contributed by atoms with Gasteiger partial charge in [-0.15, -0.1) is 0 Å². The smallest absolute Gasteiger partial charge is 0.313 e. The molecule has 0 saturated heterocycles. The summed E-state index contributed by atoms with van der Waals surface area (Å²) in [4.78, 5) is 27.2. The third kappa shape index (κ3) is 2.03. The van der Waals surface area contributed by atoms with Crippen molar-refractivity contribution >= 4 is 5.69 Å². The number of hydrogen-bond donors (Lipinski definition) is 3. The second kappa shape index (κ2) is 4.59. The number of nitrogens with one attached hydrogen (secondary N) is 3. The fourth-order valence-electron chi connectivity index (χ4n) is 2.02. The van der Waals surface area contributed by atoms with Gasteiger partial charge in [0.05, 0.1) is 23.0 Å². The van der Waals surface area contributed by atoms with E-state index in [1.807, 2.05) is 6.07 Å². The van der Waals surface area contributed by atoms with Crippen LogP contribution in [0.3, 0.4) is 0 Å². The van der Waals surface area contributed by atoms with Crippen LogP contribution in [0, 0.1) is 11.3 Å². The molecule has 0 aliphatic carbocycles. The van der Waals surface area contributed by atoms with E-state index >= 15 is 0 Å². The lowest BCUT2D eigenvalue weighted by atomic mass is 10.1. The van der Waals surface area contributed by atoms with E-state index in [1.54, 1.807) is 18.2 Å². The summed E-state index contributed by atoms with van der Waals surface area (Å²) in [5.74, 6) is 0.590. The van der Waals surface area contributed by atoms with Crippen molar-refractivity contribution < 1.29 is 4.74 Å². The first-order valence-corrected chi connectivity index (χ1v) is 5.93. The van der Waals surface area contributed by atoms with Gasteiger partial charge >= 0.3 is 11.1 Å². The molecule has 0 saturated carbocycles. The first-order valence-electron chi connectivity index (χ1n) is 5.93. The molecule has 1 unspecified atom stereocenters. The number of aromatic amines is 2. The van der Waals surface area contributed by atoms with Crippen LogP contribution in [-0.2, 0) is 0 Å². The number of anilines is 1. The summed E-state index contributed by atoms with van der Waals surface area (Å²) in [7, 11) is 0. The van der Waals surface area contributed by atoms with Crippen molar-refractivity contribution in [1.82, 2.24) is 9.97 Å². The lowest BCUT2D eigenvalue weighted by Gasteiger charge is -2.27. The lowest BCUT2D eigenvalue weighted by Crippen LogP contribution is -2.33. The van der Waals surface area contributed by atoms with E-state index in [-0.39, 0.29) is 12.6 Å². The molecule has 100 valence electrons. The summed E-state index contributed by atoms with van der Waals surface area (Å²) in [5.41, 5.74) is 0.387. The quantitative estimate of drug-likeness (QED) is 0.653. The third-order valence-corrected chi connectivity index (χ3v) is 3.04. The van der Waals surface area contributed by atoms with E-state index in [0.29, 0.717) is 17.0 Å². The minimum Gasteiger partial charge on any atom is -0.489 e. The van der Waals surface area contributed by atoms with Crippen molar-refractivity contribution in [3.8, 4) is 11.8 Å². The highest BCUT2D eigenvalue weighted by molar-refractivity contribution is 5.61. The van der Waals surface area contributed by atoms with E-state index in [2.05, 4.69) is 15.3 Å². The first kappa shape index (κ1) is 12.0. The maximum atomic E-state index is 11.3. The number of rotatable bonds is 1. The first-order chi connectivity index (χ1) is 9.67. The number of H-pyrrole nitrogens is 2. The Balaban J connectivity index is 1.92. The van der Waals surface area contributed by atoms with Crippen LogP contribution in [0.4, 0.5) is 5.69 Å². The fourth-order valence-corrected chi connectivity index (χ4v) is 2.02. The van der Waals surface area contributed by atoms with Gasteiger partial charge in [0.15, 0.2) is 0 Å². The van der Waals surface area contributed by atoms with E-state index in [0.717, 1.165) is 5.69 Å². The molecule has 1 aliphatic rings. The molecule has 2 heterocycles. The Labute approximate surface area is 112 Å². The zero-order valence-corrected chi connectivity index (χ0v) is 10.3. The van der Waals surface area contributed by atoms with Crippen LogP contribution in [0.5, 0.6) is 5.75 Å². The standard InChI is InChI=1S/C13H10N4O3/c14-4-7-1-2-8-11(3-7)20-6-10(16-8)9-5-15-12(18)13(19)17-9/h1-3,5,10,16H,6H2,(H,15,18)(H,17,19). The van der Waals surface area contributed by atoms with Crippen molar-refractivity contribution in [3.05, 3.63) is 56.4 Å². The highest BCUT2D eigenvalue weighted by atomic mass is 16.5. The number of benzene rings is 1. The second-order valence-electron chi connectivity index (χ2n) is 4.36. The van der Waals surface area contributed by atoms with Crippen molar-refractivity contribution in [2.45, 2.75) is 6.04 Å². The molecule has 20 heavy (non-hydrogen) atoms. The minimum atomic E-state index is -0.699. The third-order valence-electron chi connectivity index (χ3n) is 3.04. The van der Waals surface area contributed by atoms with Crippen LogP contribution < -0.4 is 21.2 Å². The van der Waals surface area contributed by atoms with Crippen LogP contribution in [-0.4, -0.2) is 16.6 Å². The molecule has 1 aliphatic heterocycles. The van der Waals surface area contributed by atoms with E-state index in [4.69, 9.17) is 10.00 Å². The van der Waals surface area contributed by atoms with Gasteiger partial charge in [0, 0.05) is 12.3 Å². The molecule has 0 radical (unpaired) electrons. The number of ether oxygens (including phenoxy) is 1. The van der Waals surface area contributed by atoms with Gasteiger partial charge in [-0.25, -0.2) is 0 Å². The summed E-state index contributed by atoms with van der Waals surface area (Å²) in [6.45, 7) is 0.282. The molecular weight excluding hydrogens is 260 g/mol. The van der Waals surface area contributed by atoms with Crippen molar-refractivity contribution in [2.75, 3.05) is 11.9 Å². The van der Waals surface area contributed by atoms with Gasteiger partial charge in [0.25, 0.3) is 0 Å². The number of nitrogens with zero attached hydrogens (tertiary/aromatic N) is 1. The Bertz CT molecular complexity index is 815. The predicted octanol–water partition coefficient (Wildman–Crippen LogP) is 0.480. The van der Waals surface area contributed by atoms with E-state index in [1.165, 1.54) is 6.20 Å². The Hall–Kier alpha value is -3.01. The van der Waals surface area contributed by atoms with Crippen LogP contribution in [0.1, 0.15) is 17.3 Å². The van der Waals surface area contributed by atoms with E-state index < -0.39 is 11.1 Å². The molecule has 0 fully saturated rings. The van der Waals surface area contributed by atoms with Crippen LogP contribution in [0.2, 0.25) is 0 Å². The van der Waals surface area contributed by atoms with Crippen LogP contribution >= 0.6 is 0 Å². The van der Waals surface area contributed by atoms with Gasteiger partial charge in [0.1, 0.15) is 18.4 Å². The molecule has 3 rings (SSSR count). The Morgan fingerprint density at radius 3 is 2.90 bits per heavy atom. The molecule has 0 spiro atoms. The monoisotopic (exact) mass is 270 g/mol. The highest BCUT2D eigenvalue weighted by Crippen LogP contribution is 2.33. The normalized spacial score (nSPS) is 16.4. The van der Waals surface area contributed by atoms with Gasteiger partial charge in [-0.2, -0.15) is 5.26 Å². The van der Waals surface area contributed by atoms with Crippen molar-refractivity contribution in [1.29, 1.82) is 5.26 Å². The average Bonchev–Trinajstić information content (AvgIpc) is 2.49.